The summed E-state index contributed by atoms with van der Waals surface area (Å²) in [5.74, 6) is -1.11. The summed E-state index contributed by atoms with van der Waals surface area (Å²) >= 11 is 0. The second-order valence-corrected chi connectivity index (χ2v) is 6.41. The van der Waals surface area contributed by atoms with Crippen LogP contribution in [-0.4, -0.2) is 33.5 Å². The Kier molecular flexibility index (Phi) is 14.9. The van der Waals surface area contributed by atoms with Crippen molar-refractivity contribution in [3.63, 3.8) is 0 Å². The zero-order valence-electron chi connectivity index (χ0n) is 14.3. The summed E-state index contributed by atoms with van der Waals surface area (Å²) in [7, 11) is 0. The van der Waals surface area contributed by atoms with Gasteiger partial charge in [-0.2, -0.15) is 0 Å². The minimum atomic E-state index is -1.18. The van der Waals surface area contributed by atoms with E-state index < -0.39 is 12.1 Å². The van der Waals surface area contributed by atoms with Gasteiger partial charge in [0, 0.05) is 0 Å². The SMILES string of the molecule is CCCC(O)CCCCCCCCCCCCC(O)C(=O)O. The third-order valence-electron chi connectivity index (χ3n) is 4.17. The van der Waals surface area contributed by atoms with Gasteiger partial charge in [-0.1, -0.05) is 77.6 Å². The molecule has 0 bridgehead atoms. The molecule has 0 aromatic heterocycles. The van der Waals surface area contributed by atoms with Crippen molar-refractivity contribution in [3.8, 4) is 0 Å². The van der Waals surface area contributed by atoms with Gasteiger partial charge >= 0.3 is 5.97 Å². The summed E-state index contributed by atoms with van der Waals surface area (Å²) in [6, 6.07) is 0. The van der Waals surface area contributed by atoms with Crippen molar-refractivity contribution in [2.45, 2.75) is 109 Å². The third-order valence-corrected chi connectivity index (χ3v) is 4.17. The zero-order chi connectivity index (χ0) is 16.6. The standard InChI is InChI=1S/C18H36O4/c1-2-13-16(19)14-11-9-7-5-3-4-6-8-10-12-15-17(20)18(21)22/h16-17,19-20H,2-15H2,1H3,(H,21,22). The van der Waals surface area contributed by atoms with Crippen LogP contribution in [0, 0.1) is 0 Å². The average molecular weight is 316 g/mol. The summed E-state index contributed by atoms with van der Waals surface area (Å²) in [5.41, 5.74) is 0. The van der Waals surface area contributed by atoms with Crippen LogP contribution < -0.4 is 0 Å². The van der Waals surface area contributed by atoms with Gasteiger partial charge in [-0.05, 0) is 19.3 Å². The van der Waals surface area contributed by atoms with Crippen LogP contribution in [-0.2, 0) is 4.79 Å². The van der Waals surface area contributed by atoms with Gasteiger partial charge < -0.3 is 15.3 Å². The number of aliphatic hydroxyl groups excluding tert-OH is 2. The largest absolute Gasteiger partial charge is 0.479 e. The van der Waals surface area contributed by atoms with Crippen LogP contribution in [0.4, 0.5) is 0 Å². The van der Waals surface area contributed by atoms with Crippen molar-refractivity contribution < 1.29 is 20.1 Å². The van der Waals surface area contributed by atoms with Crippen LogP contribution >= 0.6 is 0 Å². The second kappa shape index (κ2) is 15.3. The number of hydrogen-bond acceptors (Lipinski definition) is 3. The number of rotatable bonds is 16. The maximum atomic E-state index is 10.4. The van der Waals surface area contributed by atoms with E-state index in [4.69, 9.17) is 10.2 Å². The lowest BCUT2D eigenvalue weighted by atomic mass is 10.0. The molecule has 0 aliphatic carbocycles. The van der Waals surface area contributed by atoms with Crippen molar-refractivity contribution >= 4 is 5.97 Å². The maximum Gasteiger partial charge on any atom is 0.332 e. The van der Waals surface area contributed by atoms with Gasteiger partial charge in [0.2, 0.25) is 0 Å². The Labute approximate surface area is 135 Å². The fourth-order valence-electron chi connectivity index (χ4n) is 2.73. The van der Waals surface area contributed by atoms with E-state index in [9.17, 15) is 9.90 Å². The molecule has 4 heteroatoms. The number of hydrogen-bond donors (Lipinski definition) is 3. The van der Waals surface area contributed by atoms with Crippen molar-refractivity contribution in [2.24, 2.45) is 0 Å². The molecule has 0 saturated heterocycles. The molecule has 0 aliphatic rings. The van der Waals surface area contributed by atoms with E-state index in [-0.39, 0.29) is 6.10 Å². The molecule has 3 N–H and O–H groups in total. The molecule has 2 atom stereocenters. The number of carboxylic acids is 1. The predicted molar refractivity (Wildman–Crippen MR) is 90.0 cm³/mol. The Hall–Kier alpha value is -0.610. The smallest absolute Gasteiger partial charge is 0.332 e. The number of aliphatic hydroxyl groups is 2. The van der Waals surface area contributed by atoms with Crippen molar-refractivity contribution in [1.82, 2.24) is 0 Å². The van der Waals surface area contributed by atoms with E-state index in [1.807, 2.05) is 0 Å². The monoisotopic (exact) mass is 316 g/mol. The lowest BCUT2D eigenvalue weighted by Crippen LogP contribution is -2.18. The molecular weight excluding hydrogens is 280 g/mol. The minimum Gasteiger partial charge on any atom is -0.479 e. The molecule has 22 heavy (non-hydrogen) atoms. The maximum absolute atomic E-state index is 10.4. The lowest BCUT2D eigenvalue weighted by Gasteiger charge is -2.08. The Balaban J connectivity index is 3.13. The van der Waals surface area contributed by atoms with Crippen LogP contribution in [0.2, 0.25) is 0 Å². The van der Waals surface area contributed by atoms with Gasteiger partial charge in [0.25, 0.3) is 0 Å². The molecule has 0 spiro atoms. The molecular formula is C18H36O4. The molecule has 0 aliphatic heterocycles. The molecule has 0 amide bonds. The molecule has 0 heterocycles. The molecule has 2 unspecified atom stereocenters. The summed E-state index contributed by atoms with van der Waals surface area (Å²) < 4.78 is 0. The number of carboxylic acid groups (broad SMARTS) is 1. The molecule has 0 rings (SSSR count). The first-order valence-corrected chi connectivity index (χ1v) is 9.16. The van der Waals surface area contributed by atoms with E-state index in [1.54, 1.807) is 0 Å². The van der Waals surface area contributed by atoms with Crippen LogP contribution in [0.1, 0.15) is 96.8 Å². The van der Waals surface area contributed by atoms with Crippen LogP contribution in [0.5, 0.6) is 0 Å². The summed E-state index contributed by atoms with van der Waals surface area (Å²) in [6.07, 6.45) is 13.7. The fourth-order valence-corrected chi connectivity index (χ4v) is 2.73. The molecule has 0 saturated carbocycles. The van der Waals surface area contributed by atoms with Gasteiger partial charge in [0.15, 0.2) is 6.10 Å². The van der Waals surface area contributed by atoms with Gasteiger partial charge in [0.1, 0.15) is 0 Å². The number of unbranched alkanes of at least 4 members (excludes halogenated alkanes) is 9. The highest BCUT2D eigenvalue weighted by molar-refractivity contribution is 5.71. The van der Waals surface area contributed by atoms with E-state index >= 15 is 0 Å². The van der Waals surface area contributed by atoms with Crippen molar-refractivity contribution in [2.75, 3.05) is 0 Å². The Morgan fingerprint density at radius 3 is 1.55 bits per heavy atom. The zero-order valence-corrected chi connectivity index (χ0v) is 14.3. The highest BCUT2D eigenvalue weighted by Crippen LogP contribution is 2.14. The highest BCUT2D eigenvalue weighted by atomic mass is 16.4. The Bertz CT molecular complexity index is 255. The van der Waals surface area contributed by atoms with E-state index in [2.05, 4.69) is 6.92 Å². The summed E-state index contributed by atoms with van der Waals surface area (Å²) in [6.45, 7) is 2.11. The molecule has 0 fully saturated rings. The van der Waals surface area contributed by atoms with Crippen molar-refractivity contribution in [1.29, 1.82) is 0 Å². The highest BCUT2D eigenvalue weighted by Gasteiger charge is 2.11. The molecule has 0 radical (unpaired) electrons. The van der Waals surface area contributed by atoms with E-state index in [0.29, 0.717) is 6.42 Å². The molecule has 0 aromatic carbocycles. The van der Waals surface area contributed by atoms with E-state index in [0.717, 1.165) is 44.9 Å². The van der Waals surface area contributed by atoms with E-state index in [1.165, 1.54) is 38.5 Å². The molecule has 0 aromatic rings. The first-order chi connectivity index (χ1) is 10.6. The third kappa shape index (κ3) is 14.3. The first-order valence-electron chi connectivity index (χ1n) is 9.16. The molecule has 4 nitrogen and oxygen atoms in total. The van der Waals surface area contributed by atoms with Crippen LogP contribution in [0.25, 0.3) is 0 Å². The summed E-state index contributed by atoms with van der Waals surface area (Å²) in [4.78, 5) is 10.4. The fraction of sp³-hybridized carbons (Fsp3) is 0.944. The minimum absolute atomic E-state index is 0.0929. The van der Waals surface area contributed by atoms with Crippen LogP contribution in [0.3, 0.4) is 0 Å². The second-order valence-electron chi connectivity index (χ2n) is 6.41. The molecule has 132 valence electrons. The number of aliphatic carboxylic acids is 1. The van der Waals surface area contributed by atoms with Gasteiger partial charge in [-0.3, -0.25) is 0 Å². The summed E-state index contributed by atoms with van der Waals surface area (Å²) in [5, 5.41) is 27.3. The van der Waals surface area contributed by atoms with Crippen LogP contribution in [0.15, 0.2) is 0 Å². The Morgan fingerprint density at radius 2 is 1.14 bits per heavy atom. The van der Waals surface area contributed by atoms with Crippen molar-refractivity contribution in [3.05, 3.63) is 0 Å². The Morgan fingerprint density at radius 1 is 0.727 bits per heavy atom. The normalized spacial score (nSPS) is 14.0. The average Bonchev–Trinajstić information content (AvgIpc) is 2.48. The first kappa shape index (κ1) is 21.4. The van der Waals surface area contributed by atoms with Gasteiger partial charge in [-0.25, -0.2) is 4.79 Å². The van der Waals surface area contributed by atoms with Gasteiger partial charge in [-0.15, -0.1) is 0 Å². The topological polar surface area (TPSA) is 77.8 Å². The number of carbonyl (C=O) groups is 1. The quantitative estimate of drug-likeness (QED) is 0.371. The predicted octanol–water partition coefficient (Wildman–Crippen LogP) is 4.27. The van der Waals surface area contributed by atoms with Gasteiger partial charge in [0.05, 0.1) is 6.10 Å². The lowest BCUT2D eigenvalue weighted by molar-refractivity contribution is -0.146.